The van der Waals surface area contributed by atoms with Crippen LogP contribution in [0.4, 0.5) is 15.8 Å². The molecule has 0 aliphatic heterocycles. The second kappa shape index (κ2) is 5.69. The number of nitro benzene ring substituents is 1. The molecule has 0 fully saturated rings. The van der Waals surface area contributed by atoms with Gasteiger partial charge in [0.25, 0.3) is 5.69 Å². The lowest BCUT2D eigenvalue weighted by atomic mass is 10.1. The van der Waals surface area contributed by atoms with Crippen LogP contribution in [-0.4, -0.2) is 4.92 Å². The number of anilines is 1. The number of nitro groups is 1. The van der Waals surface area contributed by atoms with E-state index in [1.165, 1.54) is 12.1 Å². The predicted octanol–water partition coefficient (Wildman–Crippen LogP) is 3.96. The van der Waals surface area contributed by atoms with Crippen LogP contribution in [0.2, 0.25) is 0 Å². The van der Waals surface area contributed by atoms with E-state index in [1.54, 1.807) is 38.1 Å². The Morgan fingerprint density at radius 3 is 2.45 bits per heavy atom. The summed E-state index contributed by atoms with van der Waals surface area (Å²) < 4.78 is 13.5. The van der Waals surface area contributed by atoms with Crippen molar-refractivity contribution >= 4 is 11.4 Å². The summed E-state index contributed by atoms with van der Waals surface area (Å²) in [6, 6.07) is 9.85. The number of benzene rings is 2. The van der Waals surface area contributed by atoms with Gasteiger partial charge in [0, 0.05) is 24.4 Å². The lowest BCUT2D eigenvalue weighted by Gasteiger charge is -2.09. The van der Waals surface area contributed by atoms with E-state index in [0.717, 1.165) is 5.56 Å². The molecule has 1 N–H and O–H groups in total. The van der Waals surface area contributed by atoms with E-state index >= 15 is 0 Å². The van der Waals surface area contributed by atoms with Crippen molar-refractivity contribution in [1.82, 2.24) is 0 Å². The Morgan fingerprint density at radius 2 is 1.85 bits per heavy atom. The third kappa shape index (κ3) is 3.12. The van der Waals surface area contributed by atoms with Gasteiger partial charge in [-0.1, -0.05) is 18.2 Å². The van der Waals surface area contributed by atoms with Gasteiger partial charge in [-0.05, 0) is 36.6 Å². The Bertz CT molecular complexity index is 633. The molecule has 2 aromatic carbocycles. The van der Waals surface area contributed by atoms with Gasteiger partial charge >= 0.3 is 0 Å². The van der Waals surface area contributed by atoms with Gasteiger partial charge < -0.3 is 5.32 Å². The smallest absolute Gasteiger partial charge is 0.271 e. The summed E-state index contributed by atoms with van der Waals surface area (Å²) in [5, 5.41) is 13.8. The number of nitrogens with zero attached hydrogens (tertiary/aromatic N) is 1. The van der Waals surface area contributed by atoms with Crippen molar-refractivity contribution in [2.24, 2.45) is 0 Å². The molecule has 0 amide bonds. The summed E-state index contributed by atoms with van der Waals surface area (Å²) in [5.74, 6) is -0.191. The van der Waals surface area contributed by atoms with Crippen molar-refractivity contribution in [1.29, 1.82) is 0 Å². The molecule has 0 heterocycles. The van der Waals surface area contributed by atoms with E-state index in [2.05, 4.69) is 5.32 Å². The zero-order valence-corrected chi connectivity index (χ0v) is 11.3. The van der Waals surface area contributed by atoms with E-state index in [-0.39, 0.29) is 11.5 Å². The number of rotatable bonds is 4. The molecule has 0 aliphatic rings. The van der Waals surface area contributed by atoms with Crippen LogP contribution >= 0.6 is 0 Å². The standard InChI is InChI=1S/C15H15FN2O2/c1-10-6-12(7-11(2)15(10)16)9-17-13-4-3-5-14(8-13)18(19)20/h3-8,17H,9H2,1-2H3. The van der Waals surface area contributed by atoms with Crippen molar-refractivity contribution in [3.63, 3.8) is 0 Å². The van der Waals surface area contributed by atoms with Gasteiger partial charge in [-0.25, -0.2) is 4.39 Å². The first-order valence-electron chi connectivity index (χ1n) is 6.21. The van der Waals surface area contributed by atoms with Gasteiger partial charge in [0.1, 0.15) is 5.82 Å². The van der Waals surface area contributed by atoms with E-state index in [4.69, 9.17) is 0 Å². The first-order valence-corrected chi connectivity index (χ1v) is 6.21. The van der Waals surface area contributed by atoms with Crippen LogP contribution in [0.3, 0.4) is 0 Å². The van der Waals surface area contributed by atoms with Crippen LogP contribution in [0.1, 0.15) is 16.7 Å². The molecule has 0 unspecified atom stereocenters. The van der Waals surface area contributed by atoms with E-state index in [0.29, 0.717) is 23.4 Å². The van der Waals surface area contributed by atoms with Gasteiger partial charge in [0.15, 0.2) is 0 Å². The van der Waals surface area contributed by atoms with Gasteiger partial charge in [0.05, 0.1) is 4.92 Å². The highest BCUT2D eigenvalue weighted by Crippen LogP contribution is 2.19. The number of non-ortho nitro benzene ring substituents is 1. The molecule has 4 nitrogen and oxygen atoms in total. The second-order valence-corrected chi connectivity index (χ2v) is 4.70. The molecule has 0 bridgehead atoms. The topological polar surface area (TPSA) is 55.2 Å². The number of aryl methyl sites for hydroxylation is 2. The minimum atomic E-state index is -0.433. The molecule has 0 spiro atoms. The lowest BCUT2D eigenvalue weighted by molar-refractivity contribution is -0.384. The summed E-state index contributed by atoms with van der Waals surface area (Å²) in [6.07, 6.45) is 0. The third-order valence-electron chi connectivity index (χ3n) is 3.05. The first kappa shape index (κ1) is 14.0. The second-order valence-electron chi connectivity index (χ2n) is 4.70. The maximum absolute atomic E-state index is 13.5. The molecule has 0 aromatic heterocycles. The fourth-order valence-corrected chi connectivity index (χ4v) is 2.07. The normalized spacial score (nSPS) is 10.3. The van der Waals surface area contributed by atoms with E-state index < -0.39 is 4.92 Å². The van der Waals surface area contributed by atoms with Crippen LogP contribution in [0.5, 0.6) is 0 Å². The minimum absolute atomic E-state index is 0.0430. The average molecular weight is 274 g/mol. The molecule has 5 heteroatoms. The maximum atomic E-state index is 13.5. The number of hydrogen-bond donors (Lipinski definition) is 1. The fourth-order valence-electron chi connectivity index (χ4n) is 2.07. The molecule has 20 heavy (non-hydrogen) atoms. The Balaban J connectivity index is 2.13. The third-order valence-corrected chi connectivity index (χ3v) is 3.05. The van der Waals surface area contributed by atoms with Crippen molar-refractivity contribution in [3.8, 4) is 0 Å². The molecule has 0 saturated carbocycles. The van der Waals surface area contributed by atoms with Gasteiger partial charge in [-0.2, -0.15) is 0 Å². The van der Waals surface area contributed by atoms with Crippen LogP contribution in [0.15, 0.2) is 36.4 Å². The Labute approximate surface area is 116 Å². The number of halogens is 1. The molecule has 2 aromatic rings. The van der Waals surface area contributed by atoms with Crippen molar-refractivity contribution < 1.29 is 9.31 Å². The predicted molar refractivity (Wildman–Crippen MR) is 76.3 cm³/mol. The average Bonchev–Trinajstić information content (AvgIpc) is 2.42. The molecular formula is C15H15FN2O2. The zero-order valence-electron chi connectivity index (χ0n) is 11.3. The van der Waals surface area contributed by atoms with Crippen molar-refractivity contribution in [3.05, 3.63) is 69.0 Å². The molecule has 0 saturated heterocycles. The summed E-state index contributed by atoms with van der Waals surface area (Å²) in [7, 11) is 0. The molecule has 104 valence electrons. The zero-order chi connectivity index (χ0) is 14.7. The SMILES string of the molecule is Cc1cc(CNc2cccc([N+](=O)[O-])c2)cc(C)c1F. The number of hydrogen-bond acceptors (Lipinski definition) is 3. The monoisotopic (exact) mass is 274 g/mol. The molecule has 2 rings (SSSR count). The van der Waals surface area contributed by atoms with E-state index in [9.17, 15) is 14.5 Å². The van der Waals surface area contributed by atoms with Crippen LogP contribution < -0.4 is 5.32 Å². The highest BCUT2D eigenvalue weighted by atomic mass is 19.1. The van der Waals surface area contributed by atoms with Gasteiger partial charge in [-0.15, -0.1) is 0 Å². The summed E-state index contributed by atoms with van der Waals surface area (Å²) in [6.45, 7) is 3.93. The fraction of sp³-hybridized carbons (Fsp3) is 0.200. The highest BCUT2D eigenvalue weighted by Gasteiger charge is 2.07. The largest absolute Gasteiger partial charge is 0.381 e. The first-order chi connectivity index (χ1) is 9.47. The van der Waals surface area contributed by atoms with Crippen LogP contribution in [0.25, 0.3) is 0 Å². The van der Waals surface area contributed by atoms with E-state index in [1.807, 2.05) is 0 Å². The minimum Gasteiger partial charge on any atom is -0.381 e. The highest BCUT2D eigenvalue weighted by molar-refractivity contribution is 5.51. The Morgan fingerprint density at radius 1 is 1.20 bits per heavy atom. The van der Waals surface area contributed by atoms with Crippen LogP contribution in [-0.2, 0) is 6.54 Å². The molecular weight excluding hydrogens is 259 g/mol. The quantitative estimate of drug-likeness (QED) is 0.678. The van der Waals surface area contributed by atoms with Crippen molar-refractivity contribution in [2.45, 2.75) is 20.4 Å². The molecule has 0 radical (unpaired) electrons. The lowest BCUT2D eigenvalue weighted by Crippen LogP contribution is -2.02. The number of nitrogens with one attached hydrogen (secondary N) is 1. The summed E-state index contributed by atoms with van der Waals surface area (Å²) in [5.41, 5.74) is 2.84. The van der Waals surface area contributed by atoms with Crippen molar-refractivity contribution in [2.75, 3.05) is 5.32 Å². The Kier molecular flexibility index (Phi) is 3.98. The maximum Gasteiger partial charge on any atom is 0.271 e. The van der Waals surface area contributed by atoms with Gasteiger partial charge in [-0.3, -0.25) is 10.1 Å². The Hall–Kier alpha value is -2.43. The molecule has 0 aliphatic carbocycles. The molecule has 0 atom stereocenters. The van der Waals surface area contributed by atoms with Crippen LogP contribution in [0, 0.1) is 29.8 Å². The summed E-state index contributed by atoms with van der Waals surface area (Å²) >= 11 is 0. The van der Waals surface area contributed by atoms with Gasteiger partial charge in [0.2, 0.25) is 0 Å². The summed E-state index contributed by atoms with van der Waals surface area (Å²) in [4.78, 5) is 10.3.